The van der Waals surface area contributed by atoms with Crippen molar-refractivity contribution in [3.8, 4) is 0 Å². The summed E-state index contributed by atoms with van der Waals surface area (Å²) in [5, 5.41) is 3.18. The Bertz CT molecular complexity index is 1440. The molecule has 0 aliphatic heterocycles. The molecule has 218 valence electrons. The monoisotopic (exact) mass is 639 g/mol. The molecule has 9 heteroatoms. The van der Waals surface area contributed by atoms with Gasteiger partial charge in [0, 0.05) is 17.1 Å². The van der Waals surface area contributed by atoms with Gasteiger partial charge in [-0.3, -0.25) is 13.9 Å². The van der Waals surface area contributed by atoms with Gasteiger partial charge in [-0.15, -0.1) is 0 Å². The molecular formula is C32H38BrN3O4S. The highest BCUT2D eigenvalue weighted by atomic mass is 79.9. The molecule has 1 saturated carbocycles. The predicted octanol–water partition coefficient (Wildman–Crippen LogP) is 6.21. The Morgan fingerprint density at radius 3 is 2.29 bits per heavy atom. The van der Waals surface area contributed by atoms with E-state index in [9.17, 15) is 18.0 Å². The van der Waals surface area contributed by atoms with Crippen LogP contribution in [0.4, 0.5) is 5.69 Å². The average Bonchev–Trinajstić information content (AvgIpc) is 2.97. The summed E-state index contributed by atoms with van der Waals surface area (Å²) in [4.78, 5) is 29.5. The number of anilines is 1. The van der Waals surface area contributed by atoms with Crippen molar-refractivity contribution in [3.63, 3.8) is 0 Å². The smallest absolute Gasteiger partial charge is 0.264 e. The number of carbonyl (C=O) groups is 2. The van der Waals surface area contributed by atoms with E-state index in [0.717, 1.165) is 41.1 Å². The van der Waals surface area contributed by atoms with E-state index in [0.29, 0.717) is 16.6 Å². The van der Waals surface area contributed by atoms with Gasteiger partial charge in [-0.1, -0.05) is 90.6 Å². The number of halogens is 1. The SMILES string of the molecule is CC[C@H](C(=O)NC1CCCCC1)N(Cc1ccccc1C)C(=O)CN(c1cccc(Br)c1)S(=O)(=O)c1ccccc1. The second kappa shape index (κ2) is 14.1. The molecule has 0 aromatic heterocycles. The van der Waals surface area contributed by atoms with Crippen molar-refractivity contribution in [1.29, 1.82) is 0 Å². The van der Waals surface area contributed by atoms with Gasteiger partial charge in [-0.25, -0.2) is 8.42 Å². The lowest BCUT2D eigenvalue weighted by atomic mass is 9.95. The summed E-state index contributed by atoms with van der Waals surface area (Å²) in [6, 6.07) is 22.0. The Balaban J connectivity index is 1.71. The van der Waals surface area contributed by atoms with E-state index < -0.39 is 28.5 Å². The minimum Gasteiger partial charge on any atom is -0.352 e. The van der Waals surface area contributed by atoms with Crippen molar-refractivity contribution in [3.05, 3.63) is 94.5 Å². The van der Waals surface area contributed by atoms with E-state index in [2.05, 4.69) is 21.2 Å². The third-order valence-electron chi connectivity index (χ3n) is 7.65. The molecule has 1 fully saturated rings. The van der Waals surface area contributed by atoms with Crippen LogP contribution in [0.15, 0.2) is 88.2 Å². The van der Waals surface area contributed by atoms with Crippen LogP contribution in [0, 0.1) is 6.92 Å². The highest BCUT2D eigenvalue weighted by Gasteiger charge is 2.34. The zero-order chi connectivity index (χ0) is 29.4. The van der Waals surface area contributed by atoms with Gasteiger partial charge in [0.05, 0.1) is 10.6 Å². The van der Waals surface area contributed by atoms with Crippen LogP contribution in [-0.4, -0.2) is 43.8 Å². The van der Waals surface area contributed by atoms with Crippen LogP contribution in [0.25, 0.3) is 0 Å². The van der Waals surface area contributed by atoms with Crippen LogP contribution in [0.5, 0.6) is 0 Å². The van der Waals surface area contributed by atoms with E-state index in [1.165, 1.54) is 18.6 Å². The van der Waals surface area contributed by atoms with E-state index in [-0.39, 0.29) is 23.4 Å². The van der Waals surface area contributed by atoms with Crippen molar-refractivity contribution in [1.82, 2.24) is 10.2 Å². The quantitative estimate of drug-likeness (QED) is 0.270. The third kappa shape index (κ3) is 7.77. The van der Waals surface area contributed by atoms with Crippen LogP contribution < -0.4 is 9.62 Å². The van der Waals surface area contributed by atoms with Gasteiger partial charge < -0.3 is 10.2 Å². The molecule has 0 unspecified atom stereocenters. The number of nitrogens with zero attached hydrogens (tertiary/aromatic N) is 2. The maximum atomic E-state index is 14.2. The molecule has 1 N–H and O–H groups in total. The van der Waals surface area contributed by atoms with Gasteiger partial charge >= 0.3 is 0 Å². The molecule has 3 aromatic rings. The summed E-state index contributed by atoms with van der Waals surface area (Å²) in [5.74, 6) is -0.639. The van der Waals surface area contributed by atoms with E-state index >= 15 is 0 Å². The largest absolute Gasteiger partial charge is 0.352 e. The Morgan fingerprint density at radius 1 is 0.951 bits per heavy atom. The van der Waals surface area contributed by atoms with Crippen molar-refractivity contribution < 1.29 is 18.0 Å². The topological polar surface area (TPSA) is 86.8 Å². The van der Waals surface area contributed by atoms with Crippen LogP contribution >= 0.6 is 15.9 Å². The first-order valence-electron chi connectivity index (χ1n) is 14.2. The Hall–Kier alpha value is -3.17. The van der Waals surface area contributed by atoms with Gasteiger partial charge in [0.15, 0.2) is 0 Å². The number of nitrogens with one attached hydrogen (secondary N) is 1. The maximum Gasteiger partial charge on any atom is 0.264 e. The molecule has 1 aliphatic rings. The van der Waals surface area contributed by atoms with E-state index in [1.807, 2.05) is 38.1 Å². The molecular weight excluding hydrogens is 602 g/mol. The lowest BCUT2D eigenvalue weighted by molar-refractivity contribution is -0.140. The summed E-state index contributed by atoms with van der Waals surface area (Å²) in [7, 11) is -4.09. The summed E-state index contributed by atoms with van der Waals surface area (Å²) < 4.78 is 29.6. The van der Waals surface area contributed by atoms with E-state index in [4.69, 9.17) is 0 Å². The number of aryl methyl sites for hydroxylation is 1. The lowest BCUT2D eigenvalue weighted by Crippen LogP contribution is -2.54. The summed E-state index contributed by atoms with van der Waals surface area (Å²) in [5.41, 5.74) is 2.26. The van der Waals surface area contributed by atoms with Crippen molar-refractivity contribution >= 4 is 43.5 Å². The molecule has 2 amide bonds. The van der Waals surface area contributed by atoms with Gasteiger partial charge in [-0.05, 0) is 67.6 Å². The first kappa shape index (κ1) is 30.8. The maximum absolute atomic E-state index is 14.2. The molecule has 4 rings (SSSR count). The fourth-order valence-corrected chi connectivity index (χ4v) is 7.13. The van der Waals surface area contributed by atoms with Gasteiger partial charge in [-0.2, -0.15) is 0 Å². The van der Waals surface area contributed by atoms with Gasteiger partial charge in [0.2, 0.25) is 11.8 Å². The first-order valence-corrected chi connectivity index (χ1v) is 16.4. The number of sulfonamides is 1. The fraction of sp³-hybridized carbons (Fsp3) is 0.375. The van der Waals surface area contributed by atoms with Crippen molar-refractivity contribution in [2.75, 3.05) is 10.8 Å². The Morgan fingerprint density at radius 2 is 1.63 bits per heavy atom. The molecule has 1 atom stereocenters. The number of hydrogen-bond donors (Lipinski definition) is 1. The normalized spacial score (nSPS) is 14.7. The van der Waals surface area contributed by atoms with Crippen LogP contribution in [0.2, 0.25) is 0 Å². The molecule has 0 radical (unpaired) electrons. The minimum absolute atomic E-state index is 0.0836. The Labute approximate surface area is 252 Å². The van der Waals surface area contributed by atoms with Crippen LogP contribution in [0.3, 0.4) is 0 Å². The predicted molar refractivity (Wildman–Crippen MR) is 166 cm³/mol. The molecule has 0 heterocycles. The number of benzene rings is 3. The standard InChI is InChI=1S/C32H38BrN3O4S/c1-3-30(32(38)34-27-16-6-4-7-17-27)35(22-25-14-11-10-13-24(25)2)31(37)23-36(28-18-12-15-26(33)21-28)41(39,40)29-19-8-5-9-20-29/h5,8-15,18-21,27,30H,3-4,6-7,16-17,22-23H2,1-2H3,(H,34,38)/t30-/m1/s1. The molecule has 3 aromatic carbocycles. The number of hydrogen-bond acceptors (Lipinski definition) is 4. The molecule has 0 bridgehead atoms. The molecule has 41 heavy (non-hydrogen) atoms. The second-order valence-electron chi connectivity index (χ2n) is 10.5. The number of rotatable bonds is 11. The lowest BCUT2D eigenvalue weighted by Gasteiger charge is -2.34. The van der Waals surface area contributed by atoms with Crippen molar-refractivity contribution in [2.24, 2.45) is 0 Å². The number of carbonyl (C=O) groups excluding carboxylic acids is 2. The minimum atomic E-state index is -4.09. The first-order chi connectivity index (χ1) is 19.7. The van der Waals surface area contributed by atoms with Crippen LogP contribution in [0.1, 0.15) is 56.6 Å². The zero-order valence-electron chi connectivity index (χ0n) is 23.6. The summed E-state index contributed by atoms with van der Waals surface area (Å²) in [6.45, 7) is 3.59. The highest BCUT2D eigenvalue weighted by Crippen LogP contribution is 2.27. The molecule has 0 spiro atoms. The van der Waals surface area contributed by atoms with Crippen LogP contribution in [-0.2, 0) is 26.2 Å². The highest BCUT2D eigenvalue weighted by molar-refractivity contribution is 9.10. The zero-order valence-corrected chi connectivity index (χ0v) is 26.0. The average molecular weight is 641 g/mol. The number of amides is 2. The fourth-order valence-electron chi connectivity index (χ4n) is 5.31. The molecule has 1 aliphatic carbocycles. The van der Waals surface area contributed by atoms with E-state index in [1.54, 1.807) is 47.4 Å². The Kier molecular flexibility index (Phi) is 10.6. The van der Waals surface area contributed by atoms with Crippen molar-refractivity contribution in [2.45, 2.75) is 75.9 Å². The molecule has 7 nitrogen and oxygen atoms in total. The van der Waals surface area contributed by atoms with Gasteiger partial charge in [0.1, 0.15) is 12.6 Å². The molecule has 0 saturated heterocycles. The van der Waals surface area contributed by atoms with Gasteiger partial charge in [0.25, 0.3) is 10.0 Å². The summed E-state index contributed by atoms with van der Waals surface area (Å²) in [6.07, 6.45) is 5.58. The third-order valence-corrected chi connectivity index (χ3v) is 9.93. The summed E-state index contributed by atoms with van der Waals surface area (Å²) >= 11 is 3.43. The second-order valence-corrected chi connectivity index (χ2v) is 13.3.